The summed E-state index contributed by atoms with van der Waals surface area (Å²) in [5, 5.41) is 4.43. The third-order valence-electron chi connectivity index (χ3n) is 5.09. The van der Waals surface area contributed by atoms with Crippen molar-refractivity contribution in [1.29, 1.82) is 0 Å². The van der Waals surface area contributed by atoms with Crippen LogP contribution in [0, 0.1) is 0 Å². The number of nitrogens with zero attached hydrogens (tertiary/aromatic N) is 3. The van der Waals surface area contributed by atoms with Gasteiger partial charge in [0.15, 0.2) is 17.2 Å². The van der Waals surface area contributed by atoms with Gasteiger partial charge in [-0.05, 0) is 31.0 Å². The monoisotopic (exact) mass is 401 g/mol. The Balaban J connectivity index is 1.67. The molecule has 8 nitrogen and oxygen atoms in total. The van der Waals surface area contributed by atoms with E-state index in [9.17, 15) is 9.59 Å². The molecule has 2 heterocycles. The lowest BCUT2D eigenvalue weighted by Gasteiger charge is -2.27. The first-order chi connectivity index (χ1) is 14.0. The first-order valence-corrected chi connectivity index (χ1v) is 9.69. The number of fused-ring (bicyclic) bond motifs is 1. The van der Waals surface area contributed by atoms with Crippen molar-refractivity contribution in [3.05, 3.63) is 40.7 Å². The van der Waals surface area contributed by atoms with E-state index in [0.717, 1.165) is 16.8 Å². The Morgan fingerprint density at radius 1 is 1.17 bits per heavy atom. The van der Waals surface area contributed by atoms with Crippen molar-refractivity contribution in [1.82, 2.24) is 14.7 Å². The van der Waals surface area contributed by atoms with Crippen LogP contribution in [-0.2, 0) is 36.0 Å². The zero-order valence-electron chi connectivity index (χ0n) is 17.4. The minimum absolute atomic E-state index is 0.0455. The molecule has 156 valence electrons. The summed E-state index contributed by atoms with van der Waals surface area (Å²) >= 11 is 0. The zero-order chi connectivity index (χ0) is 21.0. The molecule has 0 aliphatic carbocycles. The molecule has 0 N–H and O–H groups in total. The van der Waals surface area contributed by atoms with Crippen LogP contribution < -0.4 is 9.47 Å². The smallest absolute Gasteiger partial charge is 0.356 e. The van der Waals surface area contributed by atoms with Gasteiger partial charge in [-0.2, -0.15) is 5.10 Å². The Morgan fingerprint density at radius 3 is 2.62 bits per heavy atom. The highest BCUT2D eigenvalue weighted by molar-refractivity contribution is 5.90. The normalized spacial score (nSPS) is 13.0. The minimum Gasteiger partial charge on any atom is -0.493 e. The fraction of sp³-hybridized carbons (Fsp3) is 0.476. The lowest BCUT2D eigenvalue weighted by Crippen LogP contribution is -2.36. The largest absolute Gasteiger partial charge is 0.493 e. The average Bonchev–Trinajstić information content (AvgIpc) is 3.06. The number of hydrogen-bond donors (Lipinski definition) is 0. The number of amides is 1. The number of aryl methyl sites for hydroxylation is 2. The molecule has 0 radical (unpaired) electrons. The number of carbonyl (C=O) groups excluding carboxylic acids is 2. The fourth-order valence-corrected chi connectivity index (χ4v) is 3.61. The molecule has 0 atom stereocenters. The molecule has 0 unspecified atom stereocenters. The summed E-state index contributed by atoms with van der Waals surface area (Å²) in [6.07, 6.45) is 1.60. The van der Waals surface area contributed by atoms with Gasteiger partial charge in [0.25, 0.3) is 0 Å². The maximum absolute atomic E-state index is 12.8. The van der Waals surface area contributed by atoms with Gasteiger partial charge in [0.05, 0.1) is 26.5 Å². The second kappa shape index (κ2) is 8.98. The van der Waals surface area contributed by atoms with Crippen molar-refractivity contribution in [3.63, 3.8) is 0 Å². The van der Waals surface area contributed by atoms with Gasteiger partial charge in [0, 0.05) is 38.5 Å². The lowest BCUT2D eigenvalue weighted by molar-refractivity contribution is -0.132. The molecule has 0 fully saturated rings. The van der Waals surface area contributed by atoms with Crippen LogP contribution in [0.2, 0.25) is 0 Å². The number of esters is 1. The van der Waals surface area contributed by atoms with E-state index in [1.54, 1.807) is 37.8 Å². The van der Waals surface area contributed by atoms with Crippen LogP contribution in [0.4, 0.5) is 0 Å². The Kier molecular flexibility index (Phi) is 6.41. The molecule has 1 aliphatic heterocycles. The molecule has 29 heavy (non-hydrogen) atoms. The van der Waals surface area contributed by atoms with E-state index in [1.165, 1.54) is 0 Å². The second-order valence-electron chi connectivity index (χ2n) is 6.87. The highest BCUT2D eigenvalue weighted by Crippen LogP contribution is 2.28. The Bertz CT molecular complexity index is 906. The summed E-state index contributed by atoms with van der Waals surface area (Å²) in [6, 6.07) is 5.66. The molecule has 2 aromatic rings. The molecule has 0 bridgehead atoms. The van der Waals surface area contributed by atoms with E-state index in [2.05, 4.69) is 5.10 Å². The lowest BCUT2D eigenvalue weighted by atomic mass is 10.0. The molecular weight excluding hydrogens is 374 g/mol. The number of carbonyl (C=O) groups is 2. The first-order valence-electron chi connectivity index (χ1n) is 9.69. The van der Waals surface area contributed by atoms with E-state index < -0.39 is 5.97 Å². The number of aromatic nitrogens is 2. The summed E-state index contributed by atoms with van der Waals surface area (Å²) in [5.74, 6) is 0.955. The topological polar surface area (TPSA) is 82.9 Å². The van der Waals surface area contributed by atoms with Crippen LogP contribution in [0.15, 0.2) is 18.2 Å². The Hall–Kier alpha value is -3.03. The van der Waals surface area contributed by atoms with Crippen molar-refractivity contribution in [2.24, 2.45) is 7.05 Å². The standard InChI is InChI=1S/C21H27N3O5/c1-5-29-21(26)20-15-13-24(11-10-16(15)22-23(20)2)19(25)9-7-14-6-8-17(27-3)18(12-14)28-4/h6,8,12H,5,7,9-11,13H2,1-4H3. The molecule has 0 spiro atoms. The van der Waals surface area contributed by atoms with Gasteiger partial charge < -0.3 is 19.1 Å². The summed E-state index contributed by atoms with van der Waals surface area (Å²) < 4.78 is 17.3. The van der Waals surface area contributed by atoms with Gasteiger partial charge in [0.2, 0.25) is 5.91 Å². The molecule has 0 saturated carbocycles. The van der Waals surface area contributed by atoms with Crippen molar-refractivity contribution >= 4 is 11.9 Å². The van der Waals surface area contributed by atoms with Gasteiger partial charge in [-0.15, -0.1) is 0 Å². The first kappa shape index (κ1) is 20.7. The van der Waals surface area contributed by atoms with Gasteiger partial charge in [-0.3, -0.25) is 9.48 Å². The Morgan fingerprint density at radius 2 is 1.93 bits per heavy atom. The minimum atomic E-state index is -0.400. The van der Waals surface area contributed by atoms with Gasteiger partial charge in [0.1, 0.15) is 0 Å². The van der Waals surface area contributed by atoms with Crippen LogP contribution in [0.5, 0.6) is 11.5 Å². The zero-order valence-corrected chi connectivity index (χ0v) is 17.4. The number of hydrogen-bond acceptors (Lipinski definition) is 6. The van der Waals surface area contributed by atoms with Gasteiger partial charge >= 0.3 is 5.97 Å². The fourth-order valence-electron chi connectivity index (χ4n) is 3.61. The molecular formula is C21H27N3O5. The maximum Gasteiger partial charge on any atom is 0.356 e. The second-order valence-corrected chi connectivity index (χ2v) is 6.87. The van der Waals surface area contributed by atoms with E-state index in [0.29, 0.717) is 56.2 Å². The summed E-state index contributed by atoms with van der Waals surface area (Å²) in [6.45, 7) is 3.04. The maximum atomic E-state index is 12.8. The summed E-state index contributed by atoms with van der Waals surface area (Å²) in [4.78, 5) is 26.9. The highest BCUT2D eigenvalue weighted by atomic mass is 16.5. The van der Waals surface area contributed by atoms with Crippen molar-refractivity contribution in [3.8, 4) is 11.5 Å². The molecule has 0 saturated heterocycles. The van der Waals surface area contributed by atoms with E-state index in [1.807, 2.05) is 18.2 Å². The number of rotatable bonds is 7. The van der Waals surface area contributed by atoms with E-state index in [-0.39, 0.29) is 5.91 Å². The summed E-state index contributed by atoms with van der Waals surface area (Å²) in [5.41, 5.74) is 3.08. The van der Waals surface area contributed by atoms with Crippen LogP contribution >= 0.6 is 0 Å². The van der Waals surface area contributed by atoms with Crippen molar-refractivity contribution in [2.45, 2.75) is 32.7 Å². The van der Waals surface area contributed by atoms with Crippen LogP contribution in [0.3, 0.4) is 0 Å². The molecule has 1 aromatic heterocycles. The number of ether oxygens (including phenoxy) is 3. The van der Waals surface area contributed by atoms with Crippen LogP contribution in [-0.4, -0.2) is 53.9 Å². The quantitative estimate of drug-likeness (QED) is 0.661. The highest BCUT2D eigenvalue weighted by Gasteiger charge is 2.29. The SMILES string of the molecule is CCOC(=O)c1c2c(nn1C)CCN(C(=O)CCc1ccc(OC)c(OC)c1)C2. The number of methoxy groups -OCH3 is 2. The average molecular weight is 401 g/mol. The molecule has 1 aliphatic rings. The molecule has 1 aromatic carbocycles. The van der Waals surface area contributed by atoms with E-state index >= 15 is 0 Å². The van der Waals surface area contributed by atoms with Gasteiger partial charge in [-0.25, -0.2) is 4.79 Å². The predicted octanol–water partition coefficient (Wildman–Crippen LogP) is 2.13. The Labute approximate surface area is 170 Å². The third kappa shape index (κ3) is 4.36. The third-order valence-corrected chi connectivity index (χ3v) is 5.09. The van der Waals surface area contributed by atoms with E-state index in [4.69, 9.17) is 14.2 Å². The molecule has 8 heteroatoms. The van der Waals surface area contributed by atoms with Crippen molar-refractivity contribution < 1.29 is 23.8 Å². The van der Waals surface area contributed by atoms with Gasteiger partial charge in [-0.1, -0.05) is 6.07 Å². The molecule has 1 amide bonds. The number of benzene rings is 1. The predicted molar refractivity (Wildman–Crippen MR) is 106 cm³/mol. The summed E-state index contributed by atoms with van der Waals surface area (Å²) in [7, 11) is 4.91. The van der Waals surface area contributed by atoms with Crippen LogP contribution in [0.1, 0.15) is 40.7 Å². The molecule has 3 rings (SSSR count). The van der Waals surface area contributed by atoms with Crippen LogP contribution in [0.25, 0.3) is 0 Å². The van der Waals surface area contributed by atoms with Crippen molar-refractivity contribution in [2.75, 3.05) is 27.4 Å².